The number of nitrogens with zero attached hydrogens (tertiary/aromatic N) is 2. The van der Waals surface area contributed by atoms with Gasteiger partial charge in [0.25, 0.3) is 0 Å². The molecule has 7 heteroatoms. The second kappa shape index (κ2) is 13.2. The highest BCUT2D eigenvalue weighted by atomic mass is 127. The minimum atomic E-state index is 0. The number of halogens is 1. The molecule has 1 heterocycles. The van der Waals surface area contributed by atoms with E-state index in [0.29, 0.717) is 12.5 Å². The van der Waals surface area contributed by atoms with Gasteiger partial charge in [-0.2, -0.15) is 0 Å². The monoisotopic (exact) mass is 524 g/mol. The van der Waals surface area contributed by atoms with E-state index in [9.17, 15) is 0 Å². The first-order valence-electron chi connectivity index (χ1n) is 10.3. The molecule has 0 spiro atoms. The van der Waals surface area contributed by atoms with Crippen molar-refractivity contribution >= 4 is 35.6 Å². The first-order valence-corrected chi connectivity index (χ1v) is 10.3. The van der Waals surface area contributed by atoms with Crippen LogP contribution in [0.5, 0.6) is 11.5 Å². The van der Waals surface area contributed by atoms with Crippen molar-refractivity contribution in [3.63, 3.8) is 0 Å². The second-order valence-corrected chi connectivity index (χ2v) is 7.17. The summed E-state index contributed by atoms with van der Waals surface area (Å²) in [7, 11) is 3.54. The van der Waals surface area contributed by atoms with Crippen LogP contribution in [0.4, 0.5) is 5.69 Å². The lowest BCUT2D eigenvalue weighted by molar-refractivity contribution is 0.311. The van der Waals surface area contributed by atoms with E-state index in [4.69, 9.17) is 9.47 Å². The Labute approximate surface area is 197 Å². The van der Waals surface area contributed by atoms with E-state index < -0.39 is 0 Å². The molecule has 2 aromatic rings. The van der Waals surface area contributed by atoms with E-state index in [1.165, 1.54) is 5.69 Å². The molecule has 1 saturated heterocycles. The molecule has 0 radical (unpaired) electrons. The van der Waals surface area contributed by atoms with E-state index in [1.807, 2.05) is 49.5 Å². The van der Waals surface area contributed by atoms with Gasteiger partial charge in [-0.1, -0.05) is 30.3 Å². The number of anilines is 1. The molecule has 0 amide bonds. The number of hydrogen-bond donors (Lipinski definition) is 2. The quantitative estimate of drug-likeness (QED) is 0.227. The molecule has 1 fully saturated rings. The van der Waals surface area contributed by atoms with Gasteiger partial charge in [-0.25, -0.2) is 0 Å². The van der Waals surface area contributed by atoms with Crippen molar-refractivity contribution in [3.8, 4) is 11.5 Å². The molecule has 6 nitrogen and oxygen atoms in total. The number of benzene rings is 2. The summed E-state index contributed by atoms with van der Waals surface area (Å²) < 4.78 is 11.2. The lowest BCUT2D eigenvalue weighted by Gasteiger charge is -2.21. The molecule has 1 unspecified atom stereocenters. The smallest absolute Gasteiger partial charge is 0.190 e. The van der Waals surface area contributed by atoms with Crippen LogP contribution in [0.1, 0.15) is 12.8 Å². The molecular formula is C23H33IN4O2. The number of nitrogens with one attached hydrogen (secondary N) is 2. The standard InChI is InChI=1S/C23H32N4O2.HI/c1-24-23(25-14-8-16-29-20-9-4-3-5-10-20)26-17-19-13-15-27(18-19)21-11-6-7-12-22(21)28-2;/h3-7,9-12,19H,8,13-18H2,1-2H3,(H2,24,25,26);1H. The first kappa shape index (κ1) is 24.1. The molecule has 2 N–H and O–H groups in total. The van der Waals surface area contributed by atoms with Gasteiger partial charge in [-0.3, -0.25) is 4.99 Å². The molecule has 1 aliphatic rings. The van der Waals surface area contributed by atoms with Gasteiger partial charge < -0.3 is 25.0 Å². The Morgan fingerprint density at radius 3 is 2.63 bits per heavy atom. The lowest BCUT2D eigenvalue weighted by atomic mass is 10.1. The average Bonchev–Trinajstić information content (AvgIpc) is 3.25. The van der Waals surface area contributed by atoms with E-state index >= 15 is 0 Å². The summed E-state index contributed by atoms with van der Waals surface area (Å²) in [4.78, 5) is 6.73. The average molecular weight is 524 g/mol. The van der Waals surface area contributed by atoms with Crippen LogP contribution >= 0.6 is 24.0 Å². The Bertz CT molecular complexity index is 773. The maximum absolute atomic E-state index is 5.72. The number of para-hydroxylation sites is 3. The third-order valence-corrected chi connectivity index (χ3v) is 5.12. The van der Waals surface area contributed by atoms with Crippen LogP contribution in [-0.4, -0.2) is 52.9 Å². The molecule has 0 bridgehead atoms. The summed E-state index contributed by atoms with van der Waals surface area (Å²) in [6, 6.07) is 18.1. The third kappa shape index (κ3) is 7.27. The largest absolute Gasteiger partial charge is 0.495 e. The normalized spacial score (nSPS) is 16.0. The highest BCUT2D eigenvalue weighted by Crippen LogP contribution is 2.31. The summed E-state index contributed by atoms with van der Waals surface area (Å²) in [5.41, 5.74) is 1.18. The molecule has 3 rings (SSSR count). The van der Waals surface area contributed by atoms with E-state index in [0.717, 1.165) is 56.5 Å². The summed E-state index contributed by atoms with van der Waals surface area (Å²) in [6.07, 6.45) is 2.08. The van der Waals surface area contributed by atoms with Gasteiger partial charge >= 0.3 is 0 Å². The van der Waals surface area contributed by atoms with Gasteiger partial charge in [0.2, 0.25) is 0 Å². The van der Waals surface area contributed by atoms with Crippen molar-refractivity contribution < 1.29 is 9.47 Å². The number of methoxy groups -OCH3 is 1. The van der Waals surface area contributed by atoms with Crippen molar-refractivity contribution in [3.05, 3.63) is 54.6 Å². The predicted octanol–water partition coefficient (Wildman–Crippen LogP) is 3.77. The summed E-state index contributed by atoms with van der Waals surface area (Å²) in [5, 5.41) is 6.83. The molecule has 0 aromatic heterocycles. The highest BCUT2D eigenvalue weighted by molar-refractivity contribution is 14.0. The van der Waals surface area contributed by atoms with Crippen molar-refractivity contribution in [2.24, 2.45) is 10.9 Å². The fraction of sp³-hybridized carbons (Fsp3) is 0.435. The maximum Gasteiger partial charge on any atom is 0.190 e. The molecule has 1 aliphatic heterocycles. The Hall–Kier alpha value is -2.16. The topological polar surface area (TPSA) is 58.1 Å². The third-order valence-electron chi connectivity index (χ3n) is 5.12. The van der Waals surface area contributed by atoms with Crippen LogP contribution in [0.3, 0.4) is 0 Å². The summed E-state index contributed by atoms with van der Waals surface area (Å²) in [5.74, 6) is 3.28. The van der Waals surface area contributed by atoms with Crippen LogP contribution in [0, 0.1) is 5.92 Å². The van der Waals surface area contributed by atoms with Crippen molar-refractivity contribution in [2.45, 2.75) is 12.8 Å². The van der Waals surface area contributed by atoms with Crippen LogP contribution < -0.4 is 25.0 Å². The Balaban J connectivity index is 0.00000320. The SMILES string of the molecule is CN=C(NCCCOc1ccccc1)NCC1CCN(c2ccccc2OC)C1.I. The molecule has 164 valence electrons. The minimum absolute atomic E-state index is 0. The Morgan fingerprint density at radius 2 is 1.87 bits per heavy atom. The molecule has 0 aliphatic carbocycles. The lowest BCUT2D eigenvalue weighted by Crippen LogP contribution is -2.40. The fourth-order valence-electron chi connectivity index (χ4n) is 3.56. The zero-order valence-corrected chi connectivity index (χ0v) is 20.2. The second-order valence-electron chi connectivity index (χ2n) is 7.17. The van der Waals surface area contributed by atoms with Crippen molar-refractivity contribution in [2.75, 3.05) is 51.8 Å². The molecular weight excluding hydrogens is 491 g/mol. The summed E-state index contributed by atoms with van der Waals surface area (Å²) in [6.45, 7) is 4.49. The number of ether oxygens (including phenoxy) is 2. The number of aliphatic imine (C=N–C) groups is 1. The van der Waals surface area contributed by atoms with Crippen LogP contribution in [-0.2, 0) is 0 Å². The van der Waals surface area contributed by atoms with Gasteiger partial charge in [0, 0.05) is 33.2 Å². The van der Waals surface area contributed by atoms with Gasteiger partial charge in [-0.15, -0.1) is 24.0 Å². The molecule has 0 saturated carbocycles. The van der Waals surface area contributed by atoms with Gasteiger partial charge in [-0.05, 0) is 43.0 Å². The summed E-state index contributed by atoms with van der Waals surface area (Å²) >= 11 is 0. The van der Waals surface area contributed by atoms with Crippen molar-refractivity contribution in [1.82, 2.24) is 10.6 Å². The Morgan fingerprint density at radius 1 is 1.10 bits per heavy atom. The van der Waals surface area contributed by atoms with Crippen LogP contribution in [0.25, 0.3) is 0 Å². The number of guanidine groups is 1. The number of rotatable bonds is 9. The molecule has 1 atom stereocenters. The maximum atomic E-state index is 5.72. The minimum Gasteiger partial charge on any atom is -0.495 e. The highest BCUT2D eigenvalue weighted by Gasteiger charge is 2.24. The van der Waals surface area contributed by atoms with E-state index in [1.54, 1.807) is 7.11 Å². The van der Waals surface area contributed by atoms with Gasteiger partial charge in [0.1, 0.15) is 11.5 Å². The number of hydrogen-bond acceptors (Lipinski definition) is 4. The molecule has 2 aromatic carbocycles. The van der Waals surface area contributed by atoms with Crippen LogP contribution in [0.2, 0.25) is 0 Å². The predicted molar refractivity (Wildman–Crippen MR) is 135 cm³/mol. The van der Waals surface area contributed by atoms with Gasteiger partial charge in [0.15, 0.2) is 5.96 Å². The fourth-order valence-corrected chi connectivity index (χ4v) is 3.56. The molecule has 30 heavy (non-hydrogen) atoms. The van der Waals surface area contributed by atoms with Crippen molar-refractivity contribution in [1.29, 1.82) is 0 Å². The first-order chi connectivity index (χ1) is 14.3. The zero-order valence-electron chi connectivity index (χ0n) is 17.8. The van der Waals surface area contributed by atoms with Gasteiger partial charge in [0.05, 0.1) is 19.4 Å². The van der Waals surface area contributed by atoms with Crippen LogP contribution in [0.15, 0.2) is 59.6 Å². The zero-order chi connectivity index (χ0) is 20.3. The van der Waals surface area contributed by atoms with E-state index in [2.05, 4.69) is 32.7 Å². The Kier molecular flexibility index (Phi) is 10.6. The van der Waals surface area contributed by atoms with E-state index in [-0.39, 0.29) is 24.0 Å².